The minimum absolute atomic E-state index is 0.146. The highest BCUT2D eigenvalue weighted by molar-refractivity contribution is 6.30. The van der Waals surface area contributed by atoms with Crippen LogP contribution in [0.2, 0.25) is 5.02 Å². The van der Waals surface area contributed by atoms with Gasteiger partial charge in [0.2, 0.25) is 5.95 Å². The maximum absolute atomic E-state index is 13.7. The summed E-state index contributed by atoms with van der Waals surface area (Å²) >= 11 is 5.87. The van der Waals surface area contributed by atoms with Gasteiger partial charge in [0.05, 0.1) is 18.1 Å². The molecule has 0 fully saturated rings. The summed E-state index contributed by atoms with van der Waals surface area (Å²) in [6, 6.07) is 10.0. The average Bonchev–Trinajstić information content (AvgIpc) is 2.74. The molecule has 1 aromatic heterocycles. The first-order chi connectivity index (χ1) is 9.60. The van der Waals surface area contributed by atoms with E-state index in [1.54, 1.807) is 22.8 Å². The van der Waals surface area contributed by atoms with E-state index in [0.717, 1.165) is 5.69 Å². The largest absolute Gasteiger partial charge is 0.494 e. The number of ether oxygens (including phenoxy) is 1. The number of nitrogens with two attached hydrogens (primary N) is 1. The molecule has 0 aliphatic rings. The molecule has 2 aromatic carbocycles. The summed E-state index contributed by atoms with van der Waals surface area (Å²) in [5, 5.41) is 0.625. The fourth-order valence-corrected chi connectivity index (χ4v) is 2.24. The smallest absolute Gasteiger partial charge is 0.205 e. The lowest BCUT2D eigenvalue weighted by Gasteiger charge is -2.07. The maximum atomic E-state index is 13.7. The molecule has 2 N–H and O–H groups in total. The minimum Gasteiger partial charge on any atom is -0.494 e. The first kappa shape index (κ1) is 12.7. The molecule has 102 valence electrons. The van der Waals surface area contributed by atoms with Crippen LogP contribution in [0, 0.1) is 5.82 Å². The molecule has 0 amide bonds. The van der Waals surface area contributed by atoms with E-state index in [1.807, 2.05) is 12.1 Å². The third-order valence-electron chi connectivity index (χ3n) is 3.04. The molecule has 1 heterocycles. The molecule has 3 rings (SSSR count). The number of benzene rings is 2. The quantitative estimate of drug-likeness (QED) is 0.787. The number of hydrogen-bond donors (Lipinski definition) is 1. The van der Waals surface area contributed by atoms with Crippen molar-refractivity contribution in [1.29, 1.82) is 0 Å². The van der Waals surface area contributed by atoms with Crippen LogP contribution in [0.4, 0.5) is 10.3 Å². The molecule has 0 aliphatic heterocycles. The molecule has 0 atom stereocenters. The van der Waals surface area contributed by atoms with Gasteiger partial charge in [-0.15, -0.1) is 0 Å². The van der Waals surface area contributed by atoms with Crippen molar-refractivity contribution < 1.29 is 9.13 Å². The third kappa shape index (κ3) is 1.96. The van der Waals surface area contributed by atoms with Gasteiger partial charge in [0.1, 0.15) is 0 Å². The Bertz CT molecular complexity index is 783. The minimum atomic E-state index is -0.472. The molecule has 0 aliphatic carbocycles. The monoisotopic (exact) mass is 291 g/mol. The number of nitrogens with zero attached hydrogens (tertiary/aromatic N) is 2. The zero-order chi connectivity index (χ0) is 14.3. The first-order valence-electron chi connectivity index (χ1n) is 5.87. The van der Waals surface area contributed by atoms with Crippen molar-refractivity contribution in [2.24, 2.45) is 0 Å². The number of anilines is 1. The molecular weight excluding hydrogens is 281 g/mol. The van der Waals surface area contributed by atoms with E-state index in [4.69, 9.17) is 22.1 Å². The summed E-state index contributed by atoms with van der Waals surface area (Å²) in [6.07, 6.45) is 0. The summed E-state index contributed by atoms with van der Waals surface area (Å²) in [6.45, 7) is 0. The van der Waals surface area contributed by atoms with E-state index in [9.17, 15) is 4.39 Å². The number of fused-ring (bicyclic) bond motifs is 1. The van der Waals surface area contributed by atoms with E-state index in [0.29, 0.717) is 16.1 Å². The molecule has 0 spiro atoms. The predicted molar refractivity (Wildman–Crippen MR) is 77.0 cm³/mol. The number of imidazole rings is 1. The second-order valence-corrected chi connectivity index (χ2v) is 4.69. The van der Waals surface area contributed by atoms with Crippen LogP contribution in [-0.2, 0) is 0 Å². The highest BCUT2D eigenvalue weighted by Crippen LogP contribution is 2.29. The van der Waals surface area contributed by atoms with E-state index in [-0.39, 0.29) is 11.7 Å². The van der Waals surface area contributed by atoms with Crippen LogP contribution >= 0.6 is 11.6 Å². The van der Waals surface area contributed by atoms with Gasteiger partial charge >= 0.3 is 0 Å². The summed E-state index contributed by atoms with van der Waals surface area (Å²) in [7, 11) is 1.41. The van der Waals surface area contributed by atoms with Crippen molar-refractivity contribution in [2.45, 2.75) is 0 Å². The fraction of sp³-hybridized carbons (Fsp3) is 0.0714. The topological polar surface area (TPSA) is 53.1 Å². The zero-order valence-electron chi connectivity index (χ0n) is 10.6. The highest BCUT2D eigenvalue weighted by Gasteiger charge is 2.14. The summed E-state index contributed by atoms with van der Waals surface area (Å²) < 4.78 is 20.4. The van der Waals surface area contributed by atoms with Gasteiger partial charge in [0.15, 0.2) is 11.6 Å². The zero-order valence-corrected chi connectivity index (χ0v) is 11.4. The van der Waals surface area contributed by atoms with Crippen LogP contribution < -0.4 is 10.5 Å². The second kappa shape index (κ2) is 4.68. The molecule has 20 heavy (non-hydrogen) atoms. The lowest BCUT2D eigenvalue weighted by atomic mass is 10.2. The number of rotatable bonds is 2. The molecule has 0 radical (unpaired) electrons. The molecule has 3 aromatic rings. The summed E-state index contributed by atoms with van der Waals surface area (Å²) in [4.78, 5) is 4.16. The van der Waals surface area contributed by atoms with Crippen LogP contribution in [0.15, 0.2) is 36.4 Å². The Balaban J connectivity index is 2.29. The Labute approximate surface area is 119 Å². The van der Waals surface area contributed by atoms with E-state index in [2.05, 4.69) is 4.98 Å². The standard InChI is InChI=1S/C14H11ClFN3O/c1-20-13-7-12-11(6-10(13)16)18-14(17)19(12)9-4-2-8(15)3-5-9/h2-7H,1H3,(H2,17,18). The second-order valence-electron chi connectivity index (χ2n) is 4.26. The van der Waals surface area contributed by atoms with Crippen molar-refractivity contribution in [3.63, 3.8) is 0 Å². The van der Waals surface area contributed by atoms with Gasteiger partial charge in [-0.25, -0.2) is 9.37 Å². The van der Waals surface area contributed by atoms with Gasteiger partial charge in [0, 0.05) is 22.8 Å². The average molecular weight is 292 g/mol. The Morgan fingerprint density at radius 3 is 2.60 bits per heavy atom. The van der Waals surface area contributed by atoms with Crippen molar-refractivity contribution in [2.75, 3.05) is 12.8 Å². The lowest BCUT2D eigenvalue weighted by molar-refractivity contribution is 0.387. The first-order valence-corrected chi connectivity index (χ1v) is 6.25. The van der Waals surface area contributed by atoms with E-state index >= 15 is 0 Å². The van der Waals surface area contributed by atoms with Crippen molar-refractivity contribution in [3.05, 3.63) is 47.2 Å². The summed E-state index contributed by atoms with van der Waals surface area (Å²) in [5.41, 5.74) is 7.85. The molecule has 4 nitrogen and oxygen atoms in total. The van der Waals surface area contributed by atoms with Crippen LogP contribution in [0.25, 0.3) is 16.7 Å². The number of aromatic nitrogens is 2. The van der Waals surface area contributed by atoms with Gasteiger partial charge in [-0.3, -0.25) is 4.57 Å². The van der Waals surface area contributed by atoms with Crippen LogP contribution in [-0.4, -0.2) is 16.7 Å². The van der Waals surface area contributed by atoms with E-state index < -0.39 is 5.82 Å². The molecule has 6 heteroatoms. The molecule has 0 bridgehead atoms. The van der Waals surface area contributed by atoms with E-state index in [1.165, 1.54) is 13.2 Å². The number of hydrogen-bond acceptors (Lipinski definition) is 3. The third-order valence-corrected chi connectivity index (χ3v) is 3.29. The normalized spacial score (nSPS) is 10.9. The molecule has 0 saturated carbocycles. The SMILES string of the molecule is COc1cc2c(cc1F)nc(N)n2-c1ccc(Cl)cc1. The Morgan fingerprint density at radius 1 is 1.25 bits per heavy atom. The van der Waals surface area contributed by atoms with Crippen LogP contribution in [0.5, 0.6) is 5.75 Å². The highest BCUT2D eigenvalue weighted by atomic mass is 35.5. The number of nitrogen functional groups attached to an aromatic ring is 1. The lowest BCUT2D eigenvalue weighted by Crippen LogP contribution is -2.00. The van der Waals surface area contributed by atoms with Gasteiger partial charge in [0.25, 0.3) is 0 Å². The molecular formula is C14H11ClFN3O. The Hall–Kier alpha value is -2.27. The number of methoxy groups -OCH3 is 1. The molecule has 0 saturated heterocycles. The van der Waals surface area contributed by atoms with Gasteiger partial charge in [-0.2, -0.15) is 0 Å². The predicted octanol–water partition coefficient (Wildman–Crippen LogP) is 3.41. The van der Waals surface area contributed by atoms with Gasteiger partial charge in [-0.05, 0) is 24.3 Å². The van der Waals surface area contributed by atoms with Gasteiger partial charge < -0.3 is 10.5 Å². The molecule has 0 unspecified atom stereocenters. The maximum Gasteiger partial charge on any atom is 0.205 e. The Kier molecular flexibility index (Phi) is 2.99. The van der Waals surface area contributed by atoms with Crippen molar-refractivity contribution in [1.82, 2.24) is 9.55 Å². The van der Waals surface area contributed by atoms with Crippen LogP contribution in [0.1, 0.15) is 0 Å². The van der Waals surface area contributed by atoms with Gasteiger partial charge in [-0.1, -0.05) is 11.6 Å². The summed E-state index contributed by atoms with van der Waals surface area (Å²) in [5.74, 6) is -0.0525. The Morgan fingerprint density at radius 2 is 1.95 bits per heavy atom. The number of halogens is 2. The van der Waals surface area contributed by atoms with Crippen molar-refractivity contribution >= 4 is 28.6 Å². The van der Waals surface area contributed by atoms with Crippen molar-refractivity contribution in [3.8, 4) is 11.4 Å². The fourth-order valence-electron chi connectivity index (χ4n) is 2.12. The van der Waals surface area contributed by atoms with Crippen LogP contribution in [0.3, 0.4) is 0 Å².